The van der Waals surface area contributed by atoms with E-state index in [0.717, 1.165) is 32.7 Å². The van der Waals surface area contributed by atoms with E-state index in [1.165, 1.54) is 0 Å². The van der Waals surface area contributed by atoms with E-state index in [9.17, 15) is 4.79 Å². The molecule has 0 unspecified atom stereocenters. The third-order valence-electron chi connectivity index (χ3n) is 3.92. The lowest BCUT2D eigenvalue weighted by Crippen LogP contribution is -2.17. The number of carbonyl (C=O) groups is 1. The number of ether oxygens (including phenoxy) is 2. The van der Waals surface area contributed by atoms with Gasteiger partial charge in [0.15, 0.2) is 0 Å². The summed E-state index contributed by atoms with van der Waals surface area (Å²) in [5.74, 6) is 0.172. The fraction of sp³-hybridized carbons (Fsp3) is 0.263. The molecule has 1 heterocycles. The first kappa shape index (κ1) is 16.7. The summed E-state index contributed by atoms with van der Waals surface area (Å²) in [4.78, 5) is 16.7. The largest absolute Gasteiger partial charge is 0.485 e. The molecule has 0 N–H and O–H groups in total. The lowest BCUT2D eigenvalue weighted by atomic mass is 10.00. The lowest BCUT2D eigenvalue weighted by molar-refractivity contribution is -0.144. The van der Waals surface area contributed by atoms with Crippen molar-refractivity contribution in [1.29, 1.82) is 0 Å². The maximum absolute atomic E-state index is 11.9. The maximum atomic E-state index is 11.9. The Kier molecular flexibility index (Phi) is 5.00. The van der Waals surface area contributed by atoms with Crippen molar-refractivity contribution in [3.63, 3.8) is 0 Å². The molecule has 1 atom stereocenters. The van der Waals surface area contributed by atoms with Gasteiger partial charge in [-0.15, -0.1) is 0 Å². The van der Waals surface area contributed by atoms with Crippen LogP contribution in [0.1, 0.15) is 30.9 Å². The van der Waals surface area contributed by atoms with E-state index in [1.54, 1.807) is 6.92 Å². The number of rotatable bonds is 4. The smallest absolute Gasteiger partial charge is 0.313 e. The highest BCUT2D eigenvalue weighted by atomic mass is 79.9. The van der Waals surface area contributed by atoms with Gasteiger partial charge >= 0.3 is 5.97 Å². The zero-order chi connectivity index (χ0) is 17.1. The predicted molar refractivity (Wildman–Crippen MR) is 97.3 cm³/mol. The van der Waals surface area contributed by atoms with Crippen molar-refractivity contribution in [3.05, 3.63) is 58.1 Å². The zero-order valence-corrected chi connectivity index (χ0v) is 15.2. The fourth-order valence-electron chi connectivity index (χ4n) is 2.53. The van der Waals surface area contributed by atoms with Gasteiger partial charge in [0, 0.05) is 4.47 Å². The normalized spacial score (nSPS) is 14.2. The van der Waals surface area contributed by atoms with Crippen LogP contribution in [0.4, 0.5) is 5.69 Å². The van der Waals surface area contributed by atoms with Crippen molar-refractivity contribution >= 4 is 33.3 Å². The number of benzene rings is 2. The molecule has 124 valence electrons. The highest BCUT2D eigenvalue weighted by Gasteiger charge is 2.20. The molecule has 0 radical (unpaired) electrons. The molecule has 1 aliphatic rings. The Balaban J connectivity index is 1.91. The second-order valence-electron chi connectivity index (χ2n) is 5.55. The van der Waals surface area contributed by atoms with Crippen LogP contribution in [0.25, 0.3) is 0 Å². The van der Waals surface area contributed by atoms with Crippen LogP contribution in [0.2, 0.25) is 0 Å². The van der Waals surface area contributed by atoms with Gasteiger partial charge in [-0.25, -0.2) is 4.99 Å². The van der Waals surface area contributed by atoms with Crippen LogP contribution in [-0.4, -0.2) is 24.9 Å². The molecule has 0 saturated carbocycles. The van der Waals surface area contributed by atoms with Gasteiger partial charge in [0.25, 0.3) is 0 Å². The van der Waals surface area contributed by atoms with Crippen LogP contribution in [0, 0.1) is 0 Å². The zero-order valence-electron chi connectivity index (χ0n) is 13.6. The molecule has 0 bridgehead atoms. The Bertz CT molecular complexity index is 784. The van der Waals surface area contributed by atoms with Gasteiger partial charge < -0.3 is 9.47 Å². The second kappa shape index (κ2) is 7.18. The quantitative estimate of drug-likeness (QED) is 0.718. The molecule has 0 fully saturated rings. The summed E-state index contributed by atoms with van der Waals surface area (Å²) in [6.07, 6.45) is 0. The van der Waals surface area contributed by atoms with E-state index in [1.807, 2.05) is 49.4 Å². The van der Waals surface area contributed by atoms with Crippen molar-refractivity contribution in [3.8, 4) is 5.75 Å². The molecule has 24 heavy (non-hydrogen) atoms. The Morgan fingerprint density at radius 1 is 1.29 bits per heavy atom. The fourth-order valence-corrected chi connectivity index (χ4v) is 2.79. The number of esters is 1. The second-order valence-corrected chi connectivity index (χ2v) is 6.47. The molecule has 1 aliphatic heterocycles. The van der Waals surface area contributed by atoms with Crippen LogP contribution in [0.15, 0.2) is 51.9 Å². The van der Waals surface area contributed by atoms with Gasteiger partial charge in [0.1, 0.15) is 18.0 Å². The van der Waals surface area contributed by atoms with E-state index < -0.39 is 0 Å². The summed E-state index contributed by atoms with van der Waals surface area (Å²) in [5.41, 5.74) is 3.51. The molecule has 2 aromatic rings. The SMILES string of the molecule is CCOC(=O)[C@H](C)c1ccc2c(c1)N=C(c1ccc(Br)cc1)CO2. The van der Waals surface area contributed by atoms with Crippen LogP contribution < -0.4 is 4.74 Å². The van der Waals surface area contributed by atoms with Crippen LogP contribution in [-0.2, 0) is 9.53 Å². The van der Waals surface area contributed by atoms with Gasteiger partial charge in [-0.3, -0.25) is 4.79 Å². The molecule has 2 aromatic carbocycles. The Morgan fingerprint density at radius 3 is 2.75 bits per heavy atom. The summed E-state index contributed by atoms with van der Waals surface area (Å²) in [5, 5.41) is 0. The van der Waals surface area contributed by atoms with Crippen molar-refractivity contribution in [2.75, 3.05) is 13.2 Å². The van der Waals surface area contributed by atoms with Crippen molar-refractivity contribution in [2.45, 2.75) is 19.8 Å². The summed E-state index contributed by atoms with van der Waals surface area (Å²) < 4.78 is 11.9. The Labute approximate surface area is 149 Å². The number of nitrogens with zero attached hydrogens (tertiary/aromatic N) is 1. The summed E-state index contributed by atoms with van der Waals surface area (Å²) in [6.45, 7) is 4.45. The van der Waals surface area contributed by atoms with E-state index in [2.05, 4.69) is 15.9 Å². The maximum Gasteiger partial charge on any atom is 0.313 e. The van der Waals surface area contributed by atoms with Crippen LogP contribution in [0.3, 0.4) is 0 Å². The number of carbonyl (C=O) groups excluding carboxylic acids is 1. The minimum absolute atomic E-state index is 0.230. The lowest BCUT2D eigenvalue weighted by Gasteiger charge is -2.19. The topological polar surface area (TPSA) is 47.9 Å². The molecule has 0 amide bonds. The third-order valence-corrected chi connectivity index (χ3v) is 4.45. The number of hydrogen-bond acceptors (Lipinski definition) is 4. The third kappa shape index (κ3) is 3.51. The molecule has 4 nitrogen and oxygen atoms in total. The molecule has 5 heteroatoms. The van der Waals surface area contributed by atoms with Crippen LogP contribution in [0.5, 0.6) is 5.75 Å². The van der Waals surface area contributed by atoms with Crippen LogP contribution >= 0.6 is 15.9 Å². The van der Waals surface area contributed by atoms with E-state index in [4.69, 9.17) is 14.5 Å². The first-order chi connectivity index (χ1) is 11.6. The Morgan fingerprint density at radius 2 is 2.04 bits per heavy atom. The average molecular weight is 388 g/mol. The number of fused-ring (bicyclic) bond motifs is 1. The standard InChI is InChI=1S/C19H18BrNO3/c1-3-23-19(22)12(2)14-6-9-18-16(10-14)21-17(11-24-18)13-4-7-15(20)8-5-13/h4-10,12H,3,11H2,1-2H3/t12-/m1/s1. The number of aliphatic imine (C=N–C) groups is 1. The molecule has 0 saturated heterocycles. The van der Waals surface area contributed by atoms with E-state index in [0.29, 0.717) is 13.2 Å². The highest BCUT2D eigenvalue weighted by Crippen LogP contribution is 2.35. The van der Waals surface area contributed by atoms with Gasteiger partial charge in [-0.2, -0.15) is 0 Å². The predicted octanol–water partition coefficient (Wildman–Crippen LogP) is 4.63. The molecule has 3 rings (SSSR count). The molecular formula is C19H18BrNO3. The van der Waals surface area contributed by atoms with Crippen molar-refractivity contribution < 1.29 is 14.3 Å². The minimum atomic E-state index is -0.330. The van der Waals surface area contributed by atoms with Gasteiger partial charge in [0.2, 0.25) is 0 Å². The van der Waals surface area contributed by atoms with Crippen molar-refractivity contribution in [2.24, 2.45) is 4.99 Å². The van der Waals surface area contributed by atoms with Crippen molar-refractivity contribution in [1.82, 2.24) is 0 Å². The first-order valence-corrected chi connectivity index (χ1v) is 8.64. The molecule has 0 aromatic heterocycles. The molecular weight excluding hydrogens is 370 g/mol. The first-order valence-electron chi connectivity index (χ1n) is 7.85. The molecule has 0 spiro atoms. The highest BCUT2D eigenvalue weighted by molar-refractivity contribution is 9.10. The summed E-state index contributed by atoms with van der Waals surface area (Å²) in [6, 6.07) is 13.6. The molecule has 0 aliphatic carbocycles. The van der Waals surface area contributed by atoms with E-state index in [-0.39, 0.29) is 11.9 Å². The van der Waals surface area contributed by atoms with Gasteiger partial charge in [-0.05, 0) is 49.2 Å². The Hall–Kier alpha value is -2.14. The minimum Gasteiger partial charge on any atom is -0.485 e. The summed E-state index contributed by atoms with van der Waals surface area (Å²) >= 11 is 3.43. The number of halogens is 1. The van der Waals surface area contributed by atoms with E-state index >= 15 is 0 Å². The summed E-state index contributed by atoms with van der Waals surface area (Å²) in [7, 11) is 0. The monoisotopic (exact) mass is 387 g/mol. The van der Waals surface area contributed by atoms with Gasteiger partial charge in [-0.1, -0.05) is 34.1 Å². The number of hydrogen-bond donors (Lipinski definition) is 0. The average Bonchev–Trinajstić information content (AvgIpc) is 2.61. The van der Waals surface area contributed by atoms with Gasteiger partial charge in [0.05, 0.1) is 18.2 Å².